The van der Waals surface area contributed by atoms with Crippen molar-refractivity contribution < 1.29 is 24.2 Å². The molecular weight excluding hydrogens is 368 g/mol. The van der Waals surface area contributed by atoms with Crippen molar-refractivity contribution in [3.63, 3.8) is 0 Å². The zero-order valence-corrected chi connectivity index (χ0v) is 16.8. The molecule has 0 saturated heterocycles. The quantitative estimate of drug-likeness (QED) is 0.531. The van der Waals surface area contributed by atoms with E-state index in [0.29, 0.717) is 18.6 Å². The maximum atomic E-state index is 12.6. The Morgan fingerprint density at radius 1 is 1.19 bits per heavy atom. The number of ether oxygens (including phenoxy) is 1. The maximum Gasteiger partial charge on any atom is 0.408 e. The van der Waals surface area contributed by atoms with Crippen LogP contribution in [0.2, 0.25) is 0 Å². The summed E-state index contributed by atoms with van der Waals surface area (Å²) in [5, 5.41) is 14.4. The lowest BCUT2D eigenvalue weighted by Gasteiger charge is -2.25. The van der Waals surface area contributed by atoms with Crippen molar-refractivity contribution in [2.24, 2.45) is 5.92 Å². The van der Waals surface area contributed by atoms with Crippen LogP contribution in [-0.2, 0) is 20.9 Å². The van der Waals surface area contributed by atoms with Gasteiger partial charge in [-0.15, -0.1) is 0 Å². The molecule has 0 bridgehead atoms. The Balaban J connectivity index is 2.68. The van der Waals surface area contributed by atoms with E-state index in [0.717, 1.165) is 5.56 Å². The highest BCUT2D eigenvalue weighted by molar-refractivity contribution is 7.98. The number of alkyl carbamates (subject to hydrolysis) is 1. The van der Waals surface area contributed by atoms with Crippen LogP contribution in [0.3, 0.4) is 0 Å². The van der Waals surface area contributed by atoms with Crippen LogP contribution in [0.15, 0.2) is 30.3 Å². The second kappa shape index (κ2) is 12.2. The molecular formula is C19H28N2O5S. The lowest BCUT2D eigenvalue weighted by atomic mass is 9.98. The van der Waals surface area contributed by atoms with Crippen LogP contribution in [0.4, 0.5) is 4.79 Å². The Morgan fingerprint density at radius 2 is 1.85 bits per heavy atom. The van der Waals surface area contributed by atoms with E-state index < -0.39 is 30.1 Å². The van der Waals surface area contributed by atoms with Crippen LogP contribution in [-0.4, -0.2) is 47.2 Å². The average Bonchev–Trinajstić information content (AvgIpc) is 2.67. The molecule has 0 heterocycles. The summed E-state index contributed by atoms with van der Waals surface area (Å²) >= 11 is 1.50. The zero-order valence-electron chi connectivity index (χ0n) is 15.9. The second-order valence-electron chi connectivity index (χ2n) is 6.25. The van der Waals surface area contributed by atoms with Crippen LogP contribution in [0.25, 0.3) is 0 Å². The Bertz CT molecular complexity index is 611. The van der Waals surface area contributed by atoms with Gasteiger partial charge in [-0.05, 0) is 29.9 Å². The molecule has 1 rings (SSSR count). The summed E-state index contributed by atoms with van der Waals surface area (Å²) in [4.78, 5) is 36.0. The molecule has 3 N–H and O–H groups in total. The molecule has 3 atom stereocenters. The van der Waals surface area contributed by atoms with E-state index in [1.807, 2.05) is 50.4 Å². The first-order chi connectivity index (χ1) is 12.9. The number of amides is 2. The third-order valence-corrected chi connectivity index (χ3v) is 4.85. The van der Waals surface area contributed by atoms with Gasteiger partial charge in [-0.1, -0.05) is 50.6 Å². The molecule has 2 amide bonds. The Hall–Kier alpha value is -2.22. The Kier molecular flexibility index (Phi) is 10.3. The molecule has 1 aromatic rings. The monoisotopic (exact) mass is 396 g/mol. The lowest BCUT2D eigenvalue weighted by Crippen LogP contribution is -2.54. The first-order valence-corrected chi connectivity index (χ1v) is 10.3. The lowest BCUT2D eigenvalue weighted by molar-refractivity contribution is -0.142. The minimum absolute atomic E-state index is 0.0903. The fraction of sp³-hybridized carbons (Fsp3) is 0.526. The predicted octanol–water partition coefficient (Wildman–Crippen LogP) is 2.65. The highest BCUT2D eigenvalue weighted by atomic mass is 32.2. The molecule has 0 aliphatic carbocycles. The van der Waals surface area contributed by atoms with Crippen molar-refractivity contribution in [3.8, 4) is 0 Å². The maximum absolute atomic E-state index is 12.6. The van der Waals surface area contributed by atoms with Crippen LogP contribution in [0.5, 0.6) is 0 Å². The van der Waals surface area contributed by atoms with Gasteiger partial charge in [0.25, 0.3) is 0 Å². The van der Waals surface area contributed by atoms with Gasteiger partial charge in [0.1, 0.15) is 18.7 Å². The smallest absolute Gasteiger partial charge is 0.408 e. The molecule has 0 spiro atoms. The number of hydrogen-bond acceptors (Lipinski definition) is 5. The fourth-order valence-corrected chi connectivity index (χ4v) is 2.82. The Labute approximate surface area is 164 Å². The van der Waals surface area contributed by atoms with E-state index in [9.17, 15) is 19.5 Å². The van der Waals surface area contributed by atoms with Crippen LogP contribution in [0, 0.1) is 5.92 Å². The SMILES string of the molecule is CCC(C)[C@H](NC(=O)OCc1ccccc1)C(=O)N[C@@H](CCSC)C(=O)O. The number of nitrogens with one attached hydrogen (secondary N) is 2. The summed E-state index contributed by atoms with van der Waals surface area (Å²) < 4.78 is 5.17. The largest absolute Gasteiger partial charge is 0.480 e. The number of carboxylic acid groups (broad SMARTS) is 1. The molecule has 0 aromatic heterocycles. The first-order valence-electron chi connectivity index (χ1n) is 8.88. The van der Waals surface area contributed by atoms with Crippen molar-refractivity contribution in [2.45, 2.75) is 45.4 Å². The molecule has 27 heavy (non-hydrogen) atoms. The molecule has 0 aliphatic rings. The number of carboxylic acids is 1. The molecule has 0 fully saturated rings. The van der Waals surface area contributed by atoms with Crippen LogP contribution >= 0.6 is 11.8 Å². The Morgan fingerprint density at radius 3 is 2.41 bits per heavy atom. The van der Waals surface area contributed by atoms with Crippen molar-refractivity contribution in [2.75, 3.05) is 12.0 Å². The number of aliphatic carboxylic acids is 1. The third kappa shape index (κ3) is 8.34. The van der Waals surface area contributed by atoms with Crippen LogP contribution in [0.1, 0.15) is 32.3 Å². The van der Waals surface area contributed by atoms with Gasteiger partial charge in [0.2, 0.25) is 5.91 Å². The number of thioether (sulfide) groups is 1. The van der Waals surface area contributed by atoms with Gasteiger partial charge >= 0.3 is 12.1 Å². The normalized spacial score (nSPS) is 13.9. The van der Waals surface area contributed by atoms with E-state index >= 15 is 0 Å². The minimum atomic E-state index is -1.09. The van der Waals surface area contributed by atoms with Gasteiger partial charge in [-0.3, -0.25) is 4.79 Å². The highest BCUT2D eigenvalue weighted by Gasteiger charge is 2.30. The molecule has 0 aliphatic heterocycles. The van der Waals surface area contributed by atoms with Gasteiger partial charge in [-0.25, -0.2) is 9.59 Å². The molecule has 1 unspecified atom stereocenters. The molecule has 8 heteroatoms. The first kappa shape index (κ1) is 22.8. The summed E-state index contributed by atoms with van der Waals surface area (Å²) in [5.41, 5.74) is 0.834. The third-order valence-electron chi connectivity index (χ3n) is 4.21. The van der Waals surface area contributed by atoms with Crippen LogP contribution < -0.4 is 10.6 Å². The van der Waals surface area contributed by atoms with E-state index in [1.165, 1.54) is 11.8 Å². The highest BCUT2D eigenvalue weighted by Crippen LogP contribution is 2.10. The van der Waals surface area contributed by atoms with Gasteiger partial charge in [0.05, 0.1) is 0 Å². The van der Waals surface area contributed by atoms with E-state index in [-0.39, 0.29) is 12.5 Å². The van der Waals surface area contributed by atoms with Gasteiger partial charge in [0, 0.05) is 0 Å². The summed E-state index contributed by atoms with van der Waals surface area (Å²) in [5.74, 6) is -1.18. The molecule has 1 aromatic carbocycles. The van der Waals surface area contributed by atoms with E-state index in [1.54, 1.807) is 0 Å². The number of rotatable bonds is 11. The van der Waals surface area contributed by atoms with Crippen molar-refractivity contribution in [1.29, 1.82) is 0 Å². The molecule has 0 radical (unpaired) electrons. The summed E-state index contributed by atoms with van der Waals surface area (Å²) in [7, 11) is 0. The molecule has 0 saturated carbocycles. The minimum Gasteiger partial charge on any atom is -0.480 e. The summed E-state index contributed by atoms with van der Waals surface area (Å²) in [6.45, 7) is 3.80. The fourth-order valence-electron chi connectivity index (χ4n) is 2.35. The average molecular weight is 397 g/mol. The van der Waals surface area contributed by atoms with Gasteiger partial charge in [-0.2, -0.15) is 11.8 Å². The molecule has 7 nitrogen and oxygen atoms in total. The second-order valence-corrected chi connectivity index (χ2v) is 7.24. The predicted molar refractivity (Wildman–Crippen MR) is 106 cm³/mol. The van der Waals surface area contributed by atoms with Gasteiger partial charge in [0.15, 0.2) is 0 Å². The summed E-state index contributed by atoms with van der Waals surface area (Å²) in [6.07, 6.45) is 2.11. The number of benzene rings is 1. The van der Waals surface area contributed by atoms with Crippen molar-refractivity contribution in [3.05, 3.63) is 35.9 Å². The van der Waals surface area contributed by atoms with Crippen molar-refractivity contribution >= 4 is 29.7 Å². The van der Waals surface area contributed by atoms with E-state index in [2.05, 4.69) is 10.6 Å². The van der Waals surface area contributed by atoms with Crippen molar-refractivity contribution in [1.82, 2.24) is 10.6 Å². The topological polar surface area (TPSA) is 105 Å². The molecule has 150 valence electrons. The number of hydrogen-bond donors (Lipinski definition) is 3. The number of carbonyl (C=O) groups is 3. The number of carbonyl (C=O) groups excluding carboxylic acids is 2. The van der Waals surface area contributed by atoms with E-state index in [4.69, 9.17) is 4.74 Å². The van der Waals surface area contributed by atoms with Gasteiger partial charge < -0.3 is 20.5 Å². The summed E-state index contributed by atoms with van der Waals surface area (Å²) in [6, 6.07) is 7.35. The zero-order chi connectivity index (χ0) is 20.2. The standard InChI is InChI=1S/C19H28N2O5S/c1-4-13(2)16(17(22)20-15(18(23)24)10-11-27-3)21-19(25)26-12-14-8-6-5-7-9-14/h5-9,13,15-16H,4,10-12H2,1-3H3,(H,20,22)(H,21,25)(H,23,24)/t13?,15-,16-/m0/s1.